The van der Waals surface area contributed by atoms with Crippen molar-refractivity contribution in [3.8, 4) is 0 Å². The monoisotopic (exact) mass is 348 g/mol. The Bertz CT molecular complexity index is 775. The van der Waals surface area contributed by atoms with E-state index in [1.54, 1.807) is 24.5 Å². The smallest absolute Gasteiger partial charge is 0.242 e. The summed E-state index contributed by atoms with van der Waals surface area (Å²) in [4.78, 5) is 16.0. The second-order valence-electron chi connectivity index (χ2n) is 5.32. The van der Waals surface area contributed by atoms with Crippen LogP contribution >= 0.6 is 0 Å². The highest BCUT2D eigenvalue weighted by molar-refractivity contribution is 7.89. The molecule has 0 saturated heterocycles. The first-order valence-corrected chi connectivity index (χ1v) is 8.75. The van der Waals surface area contributed by atoms with E-state index >= 15 is 0 Å². The van der Waals surface area contributed by atoms with Crippen LogP contribution in [0.3, 0.4) is 0 Å². The molecule has 0 aliphatic rings. The standard InChI is InChI=1S/C16H20N4O3S/c1-20(2)24(22,23)15-5-3-14(4-6-15)19-16(21)12-18-11-13-7-9-17-10-8-13/h3-10,18H,11-12H2,1-2H3,(H,19,21). The Morgan fingerprint density at radius 2 is 1.71 bits per heavy atom. The first-order valence-electron chi connectivity index (χ1n) is 7.31. The zero-order chi connectivity index (χ0) is 17.6. The molecule has 0 radical (unpaired) electrons. The number of anilines is 1. The summed E-state index contributed by atoms with van der Waals surface area (Å²) in [6, 6.07) is 9.81. The summed E-state index contributed by atoms with van der Waals surface area (Å²) in [5.41, 5.74) is 1.58. The lowest BCUT2D eigenvalue weighted by molar-refractivity contribution is -0.115. The van der Waals surface area contributed by atoms with E-state index in [1.165, 1.54) is 26.2 Å². The number of pyridine rings is 1. The second kappa shape index (κ2) is 8.00. The van der Waals surface area contributed by atoms with Crippen LogP contribution in [-0.4, -0.2) is 44.3 Å². The predicted molar refractivity (Wildman–Crippen MR) is 91.9 cm³/mol. The fourth-order valence-corrected chi connectivity index (χ4v) is 2.85. The van der Waals surface area contributed by atoms with Gasteiger partial charge in [-0.25, -0.2) is 12.7 Å². The first-order chi connectivity index (χ1) is 11.4. The Balaban J connectivity index is 1.86. The minimum absolute atomic E-state index is 0.153. The molecule has 0 fully saturated rings. The lowest BCUT2D eigenvalue weighted by Crippen LogP contribution is -2.27. The van der Waals surface area contributed by atoms with Crippen LogP contribution in [-0.2, 0) is 21.4 Å². The molecule has 128 valence electrons. The molecule has 0 unspecified atom stereocenters. The molecule has 1 heterocycles. The van der Waals surface area contributed by atoms with Crippen molar-refractivity contribution in [1.82, 2.24) is 14.6 Å². The van der Waals surface area contributed by atoms with Gasteiger partial charge in [0.15, 0.2) is 0 Å². The minimum Gasteiger partial charge on any atom is -0.325 e. The zero-order valence-electron chi connectivity index (χ0n) is 13.6. The van der Waals surface area contributed by atoms with Gasteiger partial charge in [0.1, 0.15) is 0 Å². The number of benzene rings is 1. The van der Waals surface area contributed by atoms with Crippen LogP contribution in [0.15, 0.2) is 53.7 Å². The van der Waals surface area contributed by atoms with E-state index < -0.39 is 10.0 Å². The maximum atomic E-state index is 12.0. The predicted octanol–water partition coefficient (Wildman–Crippen LogP) is 1.06. The zero-order valence-corrected chi connectivity index (χ0v) is 14.4. The third kappa shape index (κ3) is 4.85. The molecule has 8 heteroatoms. The van der Waals surface area contributed by atoms with Gasteiger partial charge >= 0.3 is 0 Å². The molecule has 0 aliphatic carbocycles. The number of amides is 1. The van der Waals surface area contributed by atoms with Gasteiger partial charge in [0.25, 0.3) is 0 Å². The van der Waals surface area contributed by atoms with Crippen molar-refractivity contribution in [2.24, 2.45) is 0 Å². The summed E-state index contributed by atoms with van der Waals surface area (Å²) in [5, 5.41) is 5.74. The quantitative estimate of drug-likeness (QED) is 0.781. The average molecular weight is 348 g/mol. The van der Waals surface area contributed by atoms with Gasteiger partial charge in [-0.2, -0.15) is 0 Å². The van der Waals surface area contributed by atoms with Gasteiger partial charge in [-0.05, 0) is 42.0 Å². The van der Waals surface area contributed by atoms with Crippen LogP contribution < -0.4 is 10.6 Å². The van der Waals surface area contributed by atoms with E-state index in [-0.39, 0.29) is 17.3 Å². The molecule has 0 atom stereocenters. The molecule has 0 spiro atoms. The summed E-state index contributed by atoms with van der Waals surface area (Å²) in [5.74, 6) is -0.202. The molecular weight excluding hydrogens is 328 g/mol. The number of carbonyl (C=O) groups is 1. The Hall–Kier alpha value is -2.29. The third-order valence-corrected chi connectivity index (χ3v) is 5.11. The summed E-state index contributed by atoms with van der Waals surface area (Å²) >= 11 is 0. The van der Waals surface area contributed by atoms with Crippen molar-refractivity contribution in [2.75, 3.05) is 26.0 Å². The van der Waals surface area contributed by atoms with E-state index in [9.17, 15) is 13.2 Å². The van der Waals surface area contributed by atoms with Crippen LogP contribution in [0.2, 0.25) is 0 Å². The fraction of sp³-hybridized carbons (Fsp3) is 0.250. The SMILES string of the molecule is CN(C)S(=O)(=O)c1ccc(NC(=O)CNCc2ccncc2)cc1. The van der Waals surface area contributed by atoms with Gasteiger partial charge < -0.3 is 10.6 Å². The molecule has 1 aromatic carbocycles. The number of rotatable bonds is 7. The molecule has 1 aromatic heterocycles. The third-order valence-electron chi connectivity index (χ3n) is 3.28. The number of nitrogens with zero attached hydrogens (tertiary/aromatic N) is 2. The Labute approximate surface area is 141 Å². The second-order valence-corrected chi connectivity index (χ2v) is 7.47. The maximum Gasteiger partial charge on any atom is 0.242 e. The number of aromatic nitrogens is 1. The summed E-state index contributed by atoms with van der Waals surface area (Å²) in [6.45, 7) is 0.718. The molecule has 2 aromatic rings. The van der Waals surface area contributed by atoms with Crippen molar-refractivity contribution in [3.05, 3.63) is 54.4 Å². The highest BCUT2D eigenvalue weighted by Crippen LogP contribution is 2.16. The van der Waals surface area contributed by atoms with Crippen molar-refractivity contribution in [2.45, 2.75) is 11.4 Å². The topological polar surface area (TPSA) is 91.4 Å². The fourth-order valence-electron chi connectivity index (χ4n) is 1.95. The maximum absolute atomic E-state index is 12.0. The van der Waals surface area contributed by atoms with Gasteiger partial charge in [0.05, 0.1) is 11.4 Å². The van der Waals surface area contributed by atoms with Crippen LogP contribution in [0, 0.1) is 0 Å². The molecular formula is C16H20N4O3S. The van der Waals surface area contributed by atoms with Gasteiger partial charge in [-0.15, -0.1) is 0 Å². The Morgan fingerprint density at radius 3 is 2.29 bits per heavy atom. The van der Waals surface area contributed by atoms with Gasteiger partial charge in [0.2, 0.25) is 15.9 Å². The van der Waals surface area contributed by atoms with Crippen molar-refractivity contribution >= 4 is 21.6 Å². The Kier molecular flexibility index (Phi) is 6.02. The van der Waals surface area contributed by atoms with E-state index in [2.05, 4.69) is 15.6 Å². The van der Waals surface area contributed by atoms with Gasteiger partial charge in [-0.1, -0.05) is 0 Å². The van der Waals surface area contributed by atoms with Crippen molar-refractivity contribution in [3.63, 3.8) is 0 Å². The minimum atomic E-state index is -3.46. The molecule has 2 rings (SSSR count). The molecule has 24 heavy (non-hydrogen) atoms. The van der Waals surface area contributed by atoms with Crippen LogP contribution in [0.4, 0.5) is 5.69 Å². The van der Waals surface area contributed by atoms with Gasteiger partial charge in [0, 0.05) is 38.7 Å². The van der Waals surface area contributed by atoms with Crippen molar-refractivity contribution < 1.29 is 13.2 Å². The number of carbonyl (C=O) groups excluding carboxylic acids is 1. The summed E-state index contributed by atoms with van der Waals surface area (Å²) < 4.78 is 25.1. The molecule has 7 nitrogen and oxygen atoms in total. The van der Waals surface area contributed by atoms with Crippen LogP contribution in [0.25, 0.3) is 0 Å². The van der Waals surface area contributed by atoms with Gasteiger partial charge in [-0.3, -0.25) is 9.78 Å². The highest BCUT2D eigenvalue weighted by Gasteiger charge is 2.16. The van der Waals surface area contributed by atoms with E-state index in [1.807, 2.05) is 12.1 Å². The first kappa shape index (κ1) is 18.1. The molecule has 0 saturated carbocycles. The summed E-state index contributed by atoms with van der Waals surface area (Å²) in [6.07, 6.45) is 3.39. The van der Waals surface area contributed by atoms with Crippen molar-refractivity contribution in [1.29, 1.82) is 0 Å². The highest BCUT2D eigenvalue weighted by atomic mass is 32.2. The molecule has 0 aliphatic heterocycles. The Morgan fingerprint density at radius 1 is 1.08 bits per heavy atom. The number of sulfonamides is 1. The van der Waals surface area contributed by atoms with E-state index in [0.29, 0.717) is 12.2 Å². The normalized spacial score (nSPS) is 11.5. The number of nitrogens with one attached hydrogen (secondary N) is 2. The molecule has 1 amide bonds. The lowest BCUT2D eigenvalue weighted by atomic mass is 10.3. The van der Waals surface area contributed by atoms with Crippen LogP contribution in [0.1, 0.15) is 5.56 Å². The molecule has 2 N–H and O–H groups in total. The summed E-state index contributed by atoms with van der Waals surface area (Å²) in [7, 11) is -0.520. The molecule has 0 bridgehead atoms. The average Bonchev–Trinajstić information content (AvgIpc) is 2.56. The lowest BCUT2D eigenvalue weighted by Gasteiger charge is -2.12. The van der Waals surface area contributed by atoms with E-state index in [0.717, 1.165) is 9.87 Å². The van der Waals surface area contributed by atoms with E-state index in [4.69, 9.17) is 0 Å². The largest absolute Gasteiger partial charge is 0.325 e. The number of hydrogen-bond acceptors (Lipinski definition) is 5. The number of hydrogen-bond donors (Lipinski definition) is 2. The van der Waals surface area contributed by atoms with Crippen LogP contribution in [0.5, 0.6) is 0 Å².